The second-order valence-corrected chi connectivity index (χ2v) is 9.55. The minimum atomic E-state index is -3.67. The van der Waals surface area contributed by atoms with Gasteiger partial charge in [0.1, 0.15) is 40.2 Å². The van der Waals surface area contributed by atoms with Crippen molar-refractivity contribution in [3.05, 3.63) is 53.7 Å². The van der Waals surface area contributed by atoms with Crippen LogP contribution in [0.3, 0.4) is 0 Å². The molecule has 0 bridgehead atoms. The molecule has 5 rings (SSSR count). The molecule has 14 heteroatoms. The second kappa shape index (κ2) is 8.11. The predicted molar refractivity (Wildman–Crippen MR) is 122 cm³/mol. The molecule has 0 aliphatic carbocycles. The molecule has 0 radical (unpaired) electrons. The number of nitrogens with zero attached hydrogens (tertiary/aromatic N) is 7. The Morgan fingerprint density at radius 1 is 1.12 bits per heavy atom. The van der Waals surface area contributed by atoms with Crippen LogP contribution in [0.5, 0.6) is 11.5 Å². The van der Waals surface area contributed by atoms with Gasteiger partial charge in [-0.05, 0) is 18.2 Å². The summed E-state index contributed by atoms with van der Waals surface area (Å²) < 4.78 is 45.9. The highest BCUT2D eigenvalue weighted by Crippen LogP contribution is 2.35. The normalized spacial score (nSPS) is 11.8. The third-order valence-electron chi connectivity index (χ3n) is 4.77. The number of hydrogen-bond donors (Lipinski definition) is 1. The molecule has 0 saturated carbocycles. The van der Waals surface area contributed by atoms with Gasteiger partial charge in [-0.1, -0.05) is 16.8 Å². The van der Waals surface area contributed by atoms with Crippen LogP contribution < -0.4 is 10.1 Å². The van der Waals surface area contributed by atoms with E-state index in [1.165, 1.54) is 18.6 Å². The van der Waals surface area contributed by atoms with Crippen molar-refractivity contribution in [3.8, 4) is 11.5 Å². The summed E-state index contributed by atoms with van der Waals surface area (Å²) in [6.45, 7) is 0. The molecule has 0 unspecified atom stereocenters. The Labute approximate surface area is 196 Å². The first-order chi connectivity index (χ1) is 16.2. The van der Waals surface area contributed by atoms with E-state index in [0.29, 0.717) is 11.3 Å². The molecule has 11 nitrogen and oxygen atoms in total. The maximum Gasteiger partial charge on any atom is 0.247 e. The topological polar surface area (TPSA) is 138 Å². The van der Waals surface area contributed by atoms with E-state index in [1.54, 1.807) is 29.9 Å². The number of nitrogens with one attached hydrogen (secondary N) is 1. The molecule has 0 fully saturated rings. The minimum Gasteiger partial charge on any atom is -0.456 e. The van der Waals surface area contributed by atoms with Gasteiger partial charge in [0.25, 0.3) is 0 Å². The Hall–Kier alpha value is -3.97. The molecule has 0 aliphatic heterocycles. The predicted octanol–water partition coefficient (Wildman–Crippen LogP) is 3.43. The summed E-state index contributed by atoms with van der Waals surface area (Å²) in [5.74, 6) is -0.123. The van der Waals surface area contributed by atoms with Crippen molar-refractivity contribution in [3.63, 3.8) is 0 Å². The molecule has 34 heavy (non-hydrogen) atoms. The molecule has 2 aromatic carbocycles. The van der Waals surface area contributed by atoms with Crippen LogP contribution in [0.2, 0.25) is 5.02 Å². The number of ether oxygens (including phenoxy) is 1. The Morgan fingerprint density at radius 2 is 1.94 bits per heavy atom. The van der Waals surface area contributed by atoms with Crippen molar-refractivity contribution < 1.29 is 17.5 Å². The highest BCUT2D eigenvalue weighted by Gasteiger charge is 2.17. The Kier molecular flexibility index (Phi) is 5.21. The molecule has 3 aromatic heterocycles. The Bertz CT molecular complexity index is 1690. The number of sulfone groups is 1. The SMILES string of the molecule is Cn1nnc2cc(Oc3cc(F)c(Nc4ncnc5cnc(S(C)(=O)=O)nc45)cc3Cl)ccc21. The van der Waals surface area contributed by atoms with Crippen molar-refractivity contribution in [2.24, 2.45) is 7.05 Å². The monoisotopic (exact) mass is 500 g/mol. The van der Waals surface area contributed by atoms with E-state index >= 15 is 0 Å². The van der Waals surface area contributed by atoms with Crippen LogP contribution in [0.4, 0.5) is 15.9 Å². The van der Waals surface area contributed by atoms with E-state index in [1.807, 2.05) is 0 Å². The number of anilines is 2. The first-order valence-electron chi connectivity index (χ1n) is 9.60. The van der Waals surface area contributed by atoms with Gasteiger partial charge in [0.05, 0.1) is 22.4 Å². The lowest BCUT2D eigenvalue weighted by Gasteiger charge is -2.12. The quantitative estimate of drug-likeness (QED) is 0.357. The highest BCUT2D eigenvalue weighted by atomic mass is 35.5. The van der Waals surface area contributed by atoms with Gasteiger partial charge < -0.3 is 10.1 Å². The van der Waals surface area contributed by atoms with Gasteiger partial charge in [0, 0.05) is 25.4 Å². The number of halogens is 2. The lowest BCUT2D eigenvalue weighted by atomic mass is 10.2. The van der Waals surface area contributed by atoms with Crippen LogP contribution in [0.1, 0.15) is 0 Å². The molecular weight excluding hydrogens is 487 g/mol. The summed E-state index contributed by atoms with van der Waals surface area (Å²) in [5.41, 5.74) is 1.77. The molecule has 1 N–H and O–H groups in total. The van der Waals surface area contributed by atoms with Crippen molar-refractivity contribution in [1.82, 2.24) is 34.9 Å². The van der Waals surface area contributed by atoms with Crippen molar-refractivity contribution in [2.45, 2.75) is 5.16 Å². The average molecular weight is 501 g/mol. The number of fused-ring (bicyclic) bond motifs is 2. The van der Waals surface area contributed by atoms with E-state index in [4.69, 9.17) is 16.3 Å². The molecule has 0 saturated heterocycles. The van der Waals surface area contributed by atoms with Gasteiger partial charge in [0.15, 0.2) is 5.82 Å². The smallest absolute Gasteiger partial charge is 0.247 e. The summed E-state index contributed by atoms with van der Waals surface area (Å²) >= 11 is 6.34. The maximum atomic E-state index is 14.9. The largest absolute Gasteiger partial charge is 0.456 e. The number of hydrogen-bond acceptors (Lipinski definition) is 10. The van der Waals surface area contributed by atoms with Gasteiger partial charge in [0.2, 0.25) is 15.0 Å². The summed E-state index contributed by atoms with van der Waals surface area (Å²) in [5, 5.41) is 10.5. The number of aryl methyl sites for hydroxylation is 1. The molecule has 5 aromatic rings. The number of benzene rings is 2. The average Bonchev–Trinajstić information content (AvgIpc) is 3.16. The van der Waals surface area contributed by atoms with Crippen LogP contribution in [-0.2, 0) is 16.9 Å². The van der Waals surface area contributed by atoms with Gasteiger partial charge in [-0.25, -0.2) is 37.4 Å². The number of rotatable bonds is 5. The van der Waals surface area contributed by atoms with Crippen LogP contribution >= 0.6 is 11.6 Å². The van der Waals surface area contributed by atoms with E-state index in [2.05, 4.69) is 35.6 Å². The van der Waals surface area contributed by atoms with E-state index < -0.39 is 20.8 Å². The van der Waals surface area contributed by atoms with E-state index in [9.17, 15) is 12.8 Å². The third-order valence-corrected chi connectivity index (χ3v) is 5.93. The molecule has 0 aliphatic rings. The molecule has 0 amide bonds. The fraction of sp³-hybridized carbons (Fsp3) is 0.100. The molecule has 0 spiro atoms. The first-order valence-corrected chi connectivity index (χ1v) is 11.9. The van der Waals surface area contributed by atoms with Crippen LogP contribution in [-0.4, -0.2) is 49.6 Å². The first kappa shape index (κ1) is 21.9. The zero-order valence-corrected chi connectivity index (χ0v) is 19.1. The molecule has 172 valence electrons. The molecule has 0 atom stereocenters. The van der Waals surface area contributed by atoms with Gasteiger partial charge in [-0.2, -0.15) is 0 Å². The van der Waals surface area contributed by atoms with Crippen LogP contribution in [0.15, 0.2) is 48.0 Å². The van der Waals surface area contributed by atoms with E-state index in [-0.39, 0.29) is 33.3 Å². The number of aromatic nitrogens is 7. The van der Waals surface area contributed by atoms with Gasteiger partial charge in [-0.3, -0.25) is 0 Å². The van der Waals surface area contributed by atoms with Crippen molar-refractivity contribution in [1.29, 1.82) is 0 Å². The Balaban J connectivity index is 1.47. The van der Waals surface area contributed by atoms with Crippen molar-refractivity contribution in [2.75, 3.05) is 11.6 Å². The summed E-state index contributed by atoms with van der Waals surface area (Å²) in [6, 6.07) is 7.57. The van der Waals surface area contributed by atoms with Crippen LogP contribution in [0.25, 0.3) is 22.1 Å². The molecule has 3 heterocycles. The van der Waals surface area contributed by atoms with E-state index in [0.717, 1.165) is 17.8 Å². The summed E-state index contributed by atoms with van der Waals surface area (Å²) in [6.07, 6.45) is 3.44. The zero-order chi connectivity index (χ0) is 24.0. The highest BCUT2D eigenvalue weighted by molar-refractivity contribution is 7.90. The minimum absolute atomic E-state index is 0.0266. The third kappa shape index (κ3) is 4.06. The Morgan fingerprint density at radius 3 is 2.74 bits per heavy atom. The lowest BCUT2D eigenvalue weighted by Crippen LogP contribution is -2.06. The summed E-state index contributed by atoms with van der Waals surface area (Å²) in [7, 11) is -1.91. The maximum absolute atomic E-state index is 14.9. The molecular formula is C20H14ClFN8O3S. The standard InChI is InChI=1S/C20H14ClFN8O3S/c1-30-16-4-3-10(5-14(16)28-29-30)33-17-7-12(22)13(6-11(17)21)26-19-18-15(24-9-25-19)8-23-20(27-18)34(2,31)32/h3-9H,1-2H3,(H,24,25,26). The van der Waals surface area contributed by atoms with Crippen LogP contribution in [0, 0.1) is 5.82 Å². The zero-order valence-electron chi connectivity index (χ0n) is 17.6. The lowest BCUT2D eigenvalue weighted by molar-refractivity contribution is 0.478. The second-order valence-electron chi connectivity index (χ2n) is 7.23. The fourth-order valence-corrected chi connectivity index (χ4v) is 3.85. The fourth-order valence-electron chi connectivity index (χ4n) is 3.15. The van der Waals surface area contributed by atoms with Gasteiger partial charge >= 0.3 is 0 Å². The summed E-state index contributed by atoms with van der Waals surface area (Å²) in [4.78, 5) is 15.9. The van der Waals surface area contributed by atoms with Gasteiger partial charge in [-0.15, -0.1) is 5.10 Å². The van der Waals surface area contributed by atoms with Crippen molar-refractivity contribution >= 4 is 55.0 Å².